The molecule has 1 aromatic rings. The van der Waals surface area contributed by atoms with E-state index in [9.17, 15) is 8.42 Å². The number of sulfonamides is 1. The summed E-state index contributed by atoms with van der Waals surface area (Å²) < 4.78 is 27.4. The Morgan fingerprint density at radius 2 is 2.10 bits per heavy atom. The van der Waals surface area contributed by atoms with Crippen molar-refractivity contribution in [1.29, 1.82) is 5.26 Å². The molecule has 0 aromatic carbocycles. The molecule has 1 aliphatic carbocycles. The summed E-state index contributed by atoms with van der Waals surface area (Å²) in [5.41, 5.74) is -0.0594. The number of nitrogens with zero attached hydrogens (tertiary/aromatic N) is 2. The standard InChI is InChI=1S/C14H19N3O2S/c1-11(12-6-3-2-4-7-12)17-20(18,19)14-8-5-9-16-13(14)10-15/h5,8-9,11-12,17H,2-4,6-7H2,1H3. The Bertz CT molecular complexity index is 601. The number of nitrogens with one attached hydrogen (secondary N) is 1. The number of rotatable bonds is 4. The first-order chi connectivity index (χ1) is 9.54. The minimum Gasteiger partial charge on any atom is -0.244 e. The van der Waals surface area contributed by atoms with Crippen molar-refractivity contribution in [1.82, 2.24) is 9.71 Å². The molecule has 1 fully saturated rings. The molecule has 0 aliphatic heterocycles. The van der Waals surface area contributed by atoms with Gasteiger partial charge in [-0.25, -0.2) is 18.1 Å². The van der Waals surface area contributed by atoms with E-state index < -0.39 is 10.0 Å². The van der Waals surface area contributed by atoms with E-state index in [4.69, 9.17) is 5.26 Å². The fourth-order valence-corrected chi connectivity index (χ4v) is 4.15. The molecule has 1 saturated carbocycles. The van der Waals surface area contributed by atoms with E-state index in [0.717, 1.165) is 25.7 Å². The largest absolute Gasteiger partial charge is 0.244 e. The maximum atomic E-state index is 12.4. The number of nitriles is 1. The molecule has 0 bridgehead atoms. The van der Waals surface area contributed by atoms with Crippen molar-refractivity contribution in [2.75, 3.05) is 0 Å². The highest BCUT2D eigenvalue weighted by Gasteiger charge is 2.26. The highest BCUT2D eigenvalue weighted by Crippen LogP contribution is 2.27. The molecular weight excluding hydrogens is 274 g/mol. The third-order valence-corrected chi connectivity index (χ3v) is 5.45. The summed E-state index contributed by atoms with van der Waals surface area (Å²) in [7, 11) is -3.69. The van der Waals surface area contributed by atoms with Crippen LogP contribution in [-0.4, -0.2) is 19.4 Å². The molecule has 5 nitrogen and oxygen atoms in total. The Hall–Kier alpha value is -1.45. The first-order valence-electron chi connectivity index (χ1n) is 6.92. The first kappa shape index (κ1) is 14.9. The second kappa shape index (κ2) is 6.33. The predicted octanol–water partition coefficient (Wildman–Crippen LogP) is 2.20. The van der Waals surface area contributed by atoms with Crippen LogP contribution in [0.5, 0.6) is 0 Å². The van der Waals surface area contributed by atoms with Gasteiger partial charge in [0.25, 0.3) is 0 Å². The van der Waals surface area contributed by atoms with Crippen molar-refractivity contribution in [2.45, 2.75) is 50.0 Å². The minimum atomic E-state index is -3.69. The Morgan fingerprint density at radius 3 is 2.75 bits per heavy atom. The van der Waals surface area contributed by atoms with Crippen LogP contribution in [0.15, 0.2) is 23.2 Å². The maximum absolute atomic E-state index is 12.4. The van der Waals surface area contributed by atoms with Gasteiger partial charge in [-0.1, -0.05) is 19.3 Å². The molecule has 1 aromatic heterocycles. The summed E-state index contributed by atoms with van der Waals surface area (Å²) in [4.78, 5) is 3.77. The van der Waals surface area contributed by atoms with E-state index in [2.05, 4.69) is 9.71 Å². The number of aromatic nitrogens is 1. The van der Waals surface area contributed by atoms with E-state index in [1.165, 1.54) is 24.8 Å². The van der Waals surface area contributed by atoms with Crippen molar-refractivity contribution >= 4 is 10.0 Å². The van der Waals surface area contributed by atoms with Crippen LogP contribution in [0.4, 0.5) is 0 Å². The van der Waals surface area contributed by atoms with Gasteiger partial charge in [-0.15, -0.1) is 0 Å². The van der Waals surface area contributed by atoms with Crippen molar-refractivity contribution in [3.63, 3.8) is 0 Å². The maximum Gasteiger partial charge on any atom is 0.243 e. The van der Waals surface area contributed by atoms with Crippen molar-refractivity contribution < 1.29 is 8.42 Å². The molecule has 6 heteroatoms. The second-order valence-corrected chi connectivity index (χ2v) is 6.95. The lowest BCUT2D eigenvalue weighted by atomic mass is 9.85. The number of pyridine rings is 1. The lowest BCUT2D eigenvalue weighted by Gasteiger charge is -2.28. The van der Waals surface area contributed by atoms with Gasteiger partial charge >= 0.3 is 0 Å². The summed E-state index contributed by atoms with van der Waals surface area (Å²) in [5, 5.41) is 8.96. The average molecular weight is 293 g/mol. The Kier molecular flexibility index (Phi) is 4.73. The van der Waals surface area contributed by atoms with Crippen LogP contribution >= 0.6 is 0 Å². The van der Waals surface area contributed by atoms with Crippen LogP contribution < -0.4 is 4.72 Å². The Balaban J connectivity index is 2.16. The molecule has 0 amide bonds. The Labute approximate surface area is 120 Å². The molecule has 1 aliphatic rings. The van der Waals surface area contributed by atoms with E-state index in [1.54, 1.807) is 0 Å². The lowest BCUT2D eigenvalue weighted by molar-refractivity contribution is 0.303. The monoisotopic (exact) mass is 293 g/mol. The van der Waals surface area contributed by atoms with Gasteiger partial charge in [-0.3, -0.25) is 0 Å². The van der Waals surface area contributed by atoms with Crippen molar-refractivity contribution in [3.8, 4) is 6.07 Å². The third-order valence-electron chi connectivity index (χ3n) is 3.86. The smallest absolute Gasteiger partial charge is 0.243 e. The van der Waals surface area contributed by atoms with Gasteiger partial charge in [0.2, 0.25) is 10.0 Å². The van der Waals surface area contributed by atoms with Crippen LogP contribution in [0, 0.1) is 17.2 Å². The molecule has 1 heterocycles. The van der Waals surface area contributed by atoms with E-state index >= 15 is 0 Å². The van der Waals surface area contributed by atoms with Gasteiger partial charge in [0.05, 0.1) is 0 Å². The van der Waals surface area contributed by atoms with E-state index in [1.807, 2.05) is 13.0 Å². The van der Waals surface area contributed by atoms with Gasteiger partial charge < -0.3 is 0 Å². The molecule has 0 saturated heterocycles. The molecule has 1 N–H and O–H groups in total. The van der Waals surface area contributed by atoms with Crippen molar-refractivity contribution in [2.24, 2.45) is 5.92 Å². The highest BCUT2D eigenvalue weighted by molar-refractivity contribution is 7.89. The number of hydrogen-bond donors (Lipinski definition) is 1. The molecule has 108 valence electrons. The topological polar surface area (TPSA) is 82.8 Å². The Morgan fingerprint density at radius 1 is 1.40 bits per heavy atom. The van der Waals surface area contributed by atoms with Crippen LogP contribution in [0.3, 0.4) is 0 Å². The summed E-state index contributed by atoms with van der Waals surface area (Å²) in [6, 6.07) is 4.65. The molecule has 2 rings (SSSR count). The van der Waals surface area contributed by atoms with Crippen LogP contribution in [0.1, 0.15) is 44.7 Å². The number of hydrogen-bond acceptors (Lipinski definition) is 4. The quantitative estimate of drug-likeness (QED) is 0.922. The lowest BCUT2D eigenvalue weighted by Crippen LogP contribution is -2.39. The minimum absolute atomic E-state index is 0.0369. The van der Waals surface area contributed by atoms with Crippen LogP contribution in [-0.2, 0) is 10.0 Å². The predicted molar refractivity (Wildman–Crippen MR) is 75.3 cm³/mol. The van der Waals surface area contributed by atoms with Gasteiger partial charge in [0, 0.05) is 12.2 Å². The zero-order valence-electron chi connectivity index (χ0n) is 11.5. The van der Waals surface area contributed by atoms with Gasteiger partial charge in [0.1, 0.15) is 11.0 Å². The molecule has 1 atom stereocenters. The summed E-state index contributed by atoms with van der Waals surface area (Å²) in [6.45, 7) is 1.90. The summed E-state index contributed by atoms with van der Waals surface area (Å²) in [5.74, 6) is 0.376. The van der Waals surface area contributed by atoms with Gasteiger partial charge in [0.15, 0.2) is 5.69 Å². The highest BCUT2D eigenvalue weighted by atomic mass is 32.2. The average Bonchev–Trinajstić information content (AvgIpc) is 2.47. The fraction of sp³-hybridized carbons (Fsp3) is 0.571. The second-order valence-electron chi connectivity index (χ2n) is 5.27. The van der Waals surface area contributed by atoms with E-state index in [0.29, 0.717) is 5.92 Å². The molecule has 20 heavy (non-hydrogen) atoms. The summed E-state index contributed by atoms with van der Waals surface area (Å²) >= 11 is 0. The molecular formula is C14H19N3O2S. The molecule has 0 radical (unpaired) electrons. The van der Waals surface area contributed by atoms with Gasteiger partial charge in [-0.05, 0) is 37.8 Å². The fourth-order valence-electron chi connectivity index (χ4n) is 2.73. The third kappa shape index (κ3) is 3.35. The first-order valence-corrected chi connectivity index (χ1v) is 8.40. The normalized spacial score (nSPS) is 18.4. The van der Waals surface area contributed by atoms with Crippen molar-refractivity contribution in [3.05, 3.63) is 24.0 Å². The zero-order valence-corrected chi connectivity index (χ0v) is 12.4. The van der Waals surface area contributed by atoms with E-state index in [-0.39, 0.29) is 16.6 Å². The van der Waals surface area contributed by atoms with Crippen LogP contribution in [0.25, 0.3) is 0 Å². The SMILES string of the molecule is CC(NS(=O)(=O)c1cccnc1C#N)C1CCCCC1. The van der Waals surface area contributed by atoms with Gasteiger partial charge in [-0.2, -0.15) is 5.26 Å². The zero-order chi connectivity index (χ0) is 14.6. The van der Waals surface area contributed by atoms with Crippen LogP contribution in [0.2, 0.25) is 0 Å². The molecule has 1 unspecified atom stereocenters. The summed E-state index contributed by atoms with van der Waals surface area (Å²) in [6.07, 6.45) is 7.09. The molecule has 0 spiro atoms.